The Morgan fingerprint density at radius 2 is 1.87 bits per heavy atom. The minimum atomic E-state index is -0.116. The predicted octanol–water partition coefficient (Wildman–Crippen LogP) is 4.07. The van der Waals surface area contributed by atoms with Crippen molar-refractivity contribution in [2.24, 2.45) is 0 Å². The molecule has 4 nitrogen and oxygen atoms in total. The lowest BCUT2D eigenvalue weighted by atomic mass is 10.1. The molecule has 0 radical (unpaired) electrons. The van der Waals surface area contributed by atoms with Gasteiger partial charge in [0.15, 0.2) is 0 Å². The zero-order valence-corrected chi connectivity index (χ0v) is 14.0. The van der Waals surface area contributed by atoms with Crippen LogP contribution in [-0.2, 0) is 6.61 Å². The summed E-state index contributed by atoms with van der Waals surface area (Å²) in [4.78, 5) is 12.0. The standard InChI is InChI=1S/C18H20ClNO3/c1-3-20-18(21)13-9-10-16(22-4-2)14(11-13)12-23-17-8-6-5-7-15(17)19/h5-11H,3-4,12H2,1-2H3,(H,20,21). The summed E-state index contributed by atoms with van der Waals surface area (Å²) in [5, 5.41) is 3.33. The number of para-hydroxylation sites is 1. The fourth-order valence-corrected chi connectivity index (χ4v) is 2.30. The first kappa shape index (κ1) is 17.2. The molecule has 0 saturated carbocycles. The molecule has 5 heteroatoms. The van der Waals surface area contributed by atoms with Crippen LogP contribution in [0.2, 0.25) is 5.02 Å². The number of hydrogen-bond donors (Lipinski definition) is 1. The number of rotatable bonds is 7. The molecule has 0 aliphatic rings. The molecule has 122 valence electrons. The molecule has 0 aliphatic heterocycles. The Kier molecular flexibility index (Phi) is 6.29. The summed E-state index contributed by atoms with van der Waals surface area (Å²) in [6, 6.07) is 12.6. The number of halogens is 1. The molecule has 1 N–H and O–H groups in total. The van der Waals surface area contributed by atoms with Gasteiger partial charge in [0.25, 0.3) is 5.91 Å². The number of benzene rings is 2. The summed E-state index contributed by atoms with van der Waals surface area (Å²) in [7, 11) is 0. The second kappa shape index (κ2) is 8.44. The number of ether oxygens (including phenoxy) is 2. The first-order valence-corrected chi connectivity index (χ1v) is 7.94. The molecule has 0 bridgehead atoms. The van der Waals surface area contributed by atoms with Gasteiger partial charge >= 0.3 is 0 Å². The Morgan fingerprint density at radius 3 is 2.57 bits per heavy atom. The summed E-state index contributed by atoms with van der Waals surface area (Å²) in [5.74, 6) is 1.18. The molecule has 2 rings (SSSR count). The summed E-state index contributed by atoms with van der Waals surface area (Å²) in [5.41, 5.74) is 1.38. The van der Waals surface area contributed by atoms with Gasteiger partial charge in [-0.2, -0.15) is 0 Å². The predicted molar refractivity (Wildman–Crippen MR) is 91.4 cm³/mol. The van der Waals surface area contributed by atoms with Crippen LogP contribution in [-0.4, -0.2) is 19.1 Å². The molecule has 0 fully saturated rings. The van der Waals surface area contributed by atoms with Crippen molar-refractivity contribution in [2.45, 2.75) is 20.5 Å². The summed E-state index contributed by atoms with van der Waals surface area (Å²) in [6.07, 6.45) is 0. The van der Waals surface area contributed by atoms with Crippen LogP contribution in [0, 0.1) is 0 Å². The molecule has 0 heterocycles. The second-order valence-electron chi connectivity index (χ2n) is 4.83. The zero-order chi connectivity index (χ0) is 16.7. The van der Waals surface area contributed by atoms with Gasteiger partial charge in [0, 0.05) is 17.7 Å². The van der Waals surface area contributed by atoms with Crippen molar-refractivity contribution in [3.63, 3.8) is 0 Å². The molecule has 0 aliphatic carbocycles. The van der Waals surface area contributed by atoms with Gasteiger partial charge in [0.05, 0.1) is 11.6 Å². The highest BCUT2D eigenvalue weighted by Gasteiger charge is 2.11. The minimum Gasteiger partial charge on any atom is -0.493 e. The maximum atomic E-state index is 12.0. The van der Waals surface area contributed by atoms with Gasteiger partial charge in [0.1, 0.15) is 18.1 Å². The average molecular weight is 334 g/mol. The monoisotopic (exact) mass is 333 g/mol. The van der Waals surface area contributed by atoms with E-state index in [0.717, 1.165) is 5.56 Å². The van der Waals surface area contributed by atoms with Gasteiger partial charge in [-0.15, -0.1) is 0 Å². The number of hydrogen-bond acceptors (Lipinski definition) is 3. The SMILES string of the molecule is CCNC(=O)c1ccc(OCC)c(COc2ccccc2Cl)c1. The van der Waals surface area contributed by atoms with Crippen molar-refractivity contribution in [3.05, 3.63) is 58.6 Å². The fraction of sp³-hybridized carbons (Fsp3) is 0.278. The Morgan fingerprint density at radius 1 is 1.09 bits per heavy atom. The Bertz CT molecular complexity index is 673. The summed E-state index contributed by atoms with van der Waals surface area (Å²) < 4.78 is 11.4. The van der Waals surface area contributed by atoms with E-state index in [0.29, 0.717) is 35.2 Å². The van der Waals surface area contributed by atoms with Crippen LogP contribution < -0.4 is 14.8 Å². The maximum absolute atomic E-state index is 12.0. The lowest BCUT2D eigenvalue weighted by Gasteiger charge is -2.14. The molecule has 2 aromatic carbocycles. The Labute approximate surface area is 141 Å². The van der Waals surface area contributed by atoms with Gasteiger partial charge < -0.3 is 14.8 Å². The highest BCUT2D eigenvalue weighted by atomic mass is 35.5. The number of amides is 1. The van der Waals surface area contributed by atoms with Crippen molar-refractivity contribution < 1.29 is 14.3 Å². The maximum Gasteiger partial charge on any atom is 0.251 e. The van der Waals surface area contributed by atoms with Crippen LogP contribution in [0.5, 0.6) is 11.5 Å². The largest absolute Gasteiger partial charge is 0.493 e. The lowest BCUT2D eigenvalue weighted by molar-refractivity contribution is 0.0955. The van der Waals surface area contributed by atoms with Gasteiger partial charge in [-0.05, 0) is 44.2 Å². The minimum absolute atomic E-state index is 0.116. The van der Waals surface area contributed by atoms with E-state index >= 15 is 0 Å². The average Bonchev–Trinajstić information content (AvgIpc) is 2.55. The van der Waals surface area contributed by atoms with Crippen molar-refractivity contribution in [1.29, 1.82) is 0 Å². The third-order valence-corrected chi connectivity index (χ3v) is 3.49. The second-order valence-corrected chi connectivity index (χ2v) is 5.24. The zero-order valence-electron chi connectivity index (χ0n) is 13.3. The Balaban J connectivity index is 2.21. The van der Waals surface area contributed by atoms with E-state index in [1.54, 1.807) is 30.3 Å². The van der Waals surface area contributed by atoms with E-state index in [-0.39, 0.29) is 12.5 Å². The molecule has 1 amide bonds. The van der Waals surface area contributed by atoms with Crippen molar-refractivity contribution in [3.8, 4) is 11.5 Å². The van der Waals surface area contributed by atoms with Gasteiger partial charge in [-0.3, -0.25) is 4.79 Å². The van der Waals surface area contributed by atoms with Gasteiger partial charge in [-0.1, -0.05) is 23.7 Å². The highest BCUT2D eigenvalue weighted by Crippen LogP contribution is 2.27. The van der Waals surface area contributed by atoms with Gasteiger partial charge in [-0.25, -0.2) is 0 Å². The third-order valence-electron chi connectivity index (χ3n) is 3.18. The fourth-order valence-electron chi connectivity index (χ4n) is 2.11. The smallest absolute Gasteiger partial charge is 0.251 e. The highest BCUT2D eigenvalue weighted by molar-refractivity contribution is 6.32. The van der Waals surface area contributed by atoms with E-state index < -0.39 is 0 Å². The van der Waals surface area contributed by atoms with E-state index in [1.807, 2.05) is 26.0 Å². The first-order chi connectivity index (χ1) is 11.2. The Hall–Kier alpha value is -2.20. The number of carbonyl (C=O) groups excluding carboxylic acids is 1. The molecule has 23 heavy (non-hydrogen) atoms. The van der Waals surface area contributed by atoms with Crippen molar-refractivity contribution in [1.82, 2.24) is 5.32 Å². The van der Waals surface area contributed by atoms with Crippen molar-refractivity contribution in [2.75, 3.05) is 13.2 Å². The normalized spacial score (nSPS) is 10.2. The molecular formula is C18H20ClNO3. The van der Waals surface area contributed by atoms with Crippen molar-refractivity contribution >= 4 is 17.5 Å². The van der Waals surface area contributed by atoms with Gasteiger partial charge in [0.2, 0.25) is 0 Å². The molecular weight excluding hydrogens is 314 g/mol. The number of carbonyl (C=O) groups is 1. The van der Waals surface area contributed by atoms with E-state index in [9.17, 15) is 4.79 Å². The molecule has 0 aromatic heterocycles. The molecule has 0 spiro atoms. The van der Waals surface area contributed by atoms with Crippen LogP contribution in [0.4, 0.5) is 0 Å². The topological polar surface area (TPSA) is 47.6 Å². The van der Waals surface area contributed by atoms with Crippen LogP contribution in [0.1, 0.15) is 29.8 Å². The lowest BCUT2D eigenvalue weighted by Crippen LogP contribution is -2.22. The molecule has 0 unspecified atom stereocenters. The first-order valence-electron chi connectivity index (χ1n) is 7.57. The molecule has 2 aromatic rings. The van der Waals surface area contributed by atoms with Crippen LogP contribution in [0.25, 0.3) is 0 Å². The summed E-state index contributed by atoms with van der Waals surface area (Å²) >= 11 is 6.09. The van der Waals surface area contributed by atoms with E-state index in [1.165, 1.54) is 0 Å². The quantitative estimate of drug-likeness (QED) is 0.831. The third kappa shape index (κ3) is 4.63. The van der Waals surface area contributed by atoms with Crippen LogP contribution in [0.3, 0.4) is 0 Å². The number of nitrogens with one attached hydrogen (secondary N) is 1. The molecule has 0 atom stereocenters. The van der Waals surface area contributed by atoms with E-state index in [2.05, 4.69) is 5.32 Å². The van der Waals surface area contributed by atoms with E-state index in [4.69, 9.17) is 21.1 Å². The van der Waals surface area contributed by atoms with Crippen LogP contribution >= 0.6 is 11.6 Å². The summed E-state index contributed by atoms with van der Waals surface area (Å²) in [6.45, 7) is 5.19. The van der Waals surface area contributed by atoms with Crippen LogP contribution in [0.15, 0.2) is 42.5 Å². The molecule has 0 saturated heterocycles.